The van der Waals surface area contributed by atoms with Crippen molar-refractivity contribution in [3.63, 3.8) is 0 Å². The molecule has 1 aromatic heterocycles. The number of rotatable bonds is 5. The van der Waals surface area contributed by atoms with E-state index in [1.807, 2.05) is 32.9 Å². The van der Waals surface area contributed by atoms with Gasteiger partial charge in [0, 0.05) is 17.6 Å². The first-order valence-corrected chi connectivity index (χ1v) is 9.08. The van der Waals surface area contributed by atoms with Crippen molar-refractivity contribution >= 4 is 34.8 Å². The largest absolute Gasteiger partial charge is 0.495 e. The number of carbonyl (C=O) groups excluding carboxylic acids is 1. The summed E-state index contributed by atoms with van der Waals surface area (Å²) in [5.74, 6) is 0.574. The summed E-state index contributed by atoms with van der Waals surface area (Å²) < 4.78 is 5.14. The molecule has 0 unspecified atom stereocenters. The fraction of sp³-hybridized carbons (Fsp3) is 0.190. The van der Waals surface area contributed by atoms with E-state index in [9.17, 15) is 4.79 Å². The monoisotopic (exact) mass is 396 g/mol. The number of nitrogens with zero attached hydrogens (tertiary/aromatic N) is 2. The highest BCUT2D eigenvalue weighted by Crippen LogP contribution is 2.28. The van der Waals surface area contributed by atoms with Crippen LogP contribution < -0.4 is 15.4 Å². The van der Waals surface area contributed by atoms with Gasteiger partial charge in [0.2, 0.25) is 5.95 Å². The maximum atomic E-state index is 12.7. The van der Waals surface area contributed by atoms with Gasteiger partial charge < -0.3 is 15.4 Å². The van der Waals surface area contributed by atoms with E-state index in [0.717, 1.165) is 22.4 Å². The van der Waals surface area contributed by atoms with Crippen LogP contribution in [0, 0.1) is 20.8 Å². The lowest BCUT2D eigenvalue weighted by Crippen LogP contribution is -2.16. The summed E-state index contributed by atoms with van der Waals surface area (Å²) >= 11 is 6.14. The molecule has 7 heteroatoms. The molecule has 0 aliphatic carbocycles. The Kier molecular flexibility index (Phi) is 5.80. The fourth-order valence-electron chi connectivity index (χ4n) is 2.97. The normalized spacial score (nSPS) is 10.5. The minimum Gasteiger partial charge on any atom is -0.495 e. The summed E-state index contributed by atoms with van der Waals surface area (Å²) in [6, 6.07) is 10.9. The fourth-order valence-corrected chi connectivity index (χ4v) is 3.23. The summed E-state index contributed by atoms with van der Waals surface area (Å²) in [4.78, 5) is 21.2. The molecule has 0 aliphatic rings. The summed E-state index contributed by atoms with van der Waals surface area (Å²) in [5.41, 5.74) is 4.91. The van der Waals surface area contributed by atoms with E-state index >= 15 is 0 Å². The van der Waals surface area contributed by atoms with E-state index in [-0.39, 0.29) is 11.6 Å². The molecule has 1 amide bonds. The van der Waals surface area contributed by atoms with Gasteiger partial charge in [0.1, 0.15) is 11.4 Å². The molecule has 0 fully saturated rings. The van der Waals surface area contributed by atoms with Crippen LogP contribution in [-0.2, 0) is 0 Å². The van der Waals surface area contributed by atoms with Gasteiger partial charge in [0.15, 0.2) is 0 Å². The van der Waals surface area contributed by atoms with Crippen LogP contribution in [-0.4, -0.2) is 23.0 Å². The van der Waals surface area contributed by atoms with Gasteiger partial charge in [-0.3, -0.25) is 4.79 Å². The highest BCUT2D eigenvalue weighted by molar-refractivity contribution is 6.32. The topological polar surface area (TPSA) is 76.1 Å². The van der Waals surface area contributed by atoms with E-state index in [4.69, 9.17) is 16.3 Å². The number of hydrogen-bond donors (Lipinski definition) is 2. The molecule has 0 radical (unpaired) electrons. The number of aryl methyl sites for hydroxylation is 3. The Morgan fingerprint density at radius 2 is 1.79 bits per heavy atom. The average Bonchev–Trinajstić information content (AvgIpc) is 2.65. The highest BCUT2D eigenvalue weighted by atomic mass is 35.5. The van der Waals surface area contributed by atoms with Crippen molar-refractivity contribution in [3.8, 4) is 5.75 Å². The average molecular weight is 397 g/mol. The summed E-state index contributed by atoms with van der Waals surface area (Å²) in [6.07, 6.45) is 1.53. The summed E-state index contributed by atoms with van der Waals surface area (Å²) in [7, 11) is 1.55. The second-order valence-corrected chi connectivity index (χ2v) is 6.87. The molecule has 6 nitrogen and oxygen atoms in total. The first-order valence-electron chi connectivity index (χ1n) is 8.70. The number of hydrogen-bond acceptors (Lipinski definition) is 5. The van der Waals surface area contributed by atoms with Crippen LogP contribution in [0.2, 0.25) is 5.02 Å². The number of methoxy groups -OCH3 is 1. The van der Waals surface area contributed by atoms with Crippen molar-refractivity contribution in [1.29, 1.82) is 0 Å². The highest BCUT2D eigenvalue weighted by Gasteiger charge is 2.13. The molecule has 2 N–H and O–H groups in total. The van der Waals surface area contributed by atoms with Crippen molar-refractivity contribution in [1.82, 2.24) is 9.97 Å². The molecule has 144 valence electrons. The Balaban J connectivity index is 1.79. The van der Waals surface area contributed by atoms with E-state index in [1.54, 1.807) is 31.4 Å². The molecular formula is C21H21ClN4O2. The second kappa shape index (κ2) is 8.27. The van der Waals surface area contributed by atoms with E-state index in [2.05, 4.69) is 20.6 Å². The number of nitrogens with one attached hydrogen (secondary N) is 2. The molecule has 0 saturated heterocycles. The van der Waals surface area contributed by atoms with Crippen LogP contribution >= 0.6 is 11.6 Å². The van der Waals surface area contributed by atoms with Gasteiger partial charge in [-0.05, 0) is 56.2 Å². The maximum Gasteiger partial charge on any atom is 0.274 e. The molecule has 2 aromatic carbocycles. The van der Waals surface area contributed by atoms with Crippen molar-refractivity contribution in [2.45, 2.75) is 20.8 Å². The standard InChI is InChI=1S/C21H21ClN4O2/c1-12-9-13(2)19(14(3)10-12)26-20(27)17-7-8-23-21(25-17)24-15-5-6-18(28-4)16(22)11-15/h5-11H,1-4H3,(H,26,27)(H,23,24,25). The first-order chi connectivity index (χ1) is 13.4. The van der Waals surface area contributed by atoms with Crippen LogP contribution in [0.15, 0.2) is 42.6 Å². The number of anilines is 3. The van der Waals surface area contributed by atoms with Crippen molar-refractivity contribution in [2.24, 2.45) is 0 Å². The van der Waals surface area contributed by atoms with E-state index < -0.39 is 0 Å². The molecule has 3 rings (SSSR count). The number of benzene rings is 2. The molecule has 3 aromatic rings. The Hall–Kier alpha value is -3.12. The lowest BCUT2D eigenvalue weighted by molar-refractivity contribution is 0.102. The van der Waals surface area contributed by atoms with Gasteiger partial charge in [-0.15, -0.1) is 0 Å². The third-order valence-electron chi connectivity index (χ3n) is 4.21. The molecule has 0 bridgehead atoms. The Morgan fingerprint density at radius 1 is 1.07 bits per heavy atom. The smallest absolute Gasteiger partial charge is 0.274 e. The van der Waals surface area contributed by atoms with E-state index in [0.29, 0.717) is 22.4 Å². The van der Waals surface area contributed by atoms with Crippen LogP contribution in [0.25, 0.3) is 0 Å². The predicted molar refractivity (Wildman–Crippen MR) is 112 cm³/mol. The molecule has 0 aliphatic heterocycles. The van der Waals surface area contributed by atoms with Crippen LogP contribution in [0.4, 0.5) is 17.3 Å². The van der Waals surface area contributed by atoms with Gasteiger partial charge in [0.25, 0.3) is 5.91 Å². The molecule has 0 saturated carbocycles. The lowest BCUT2D eigenvalue weighted by atomic mass is 10.1. The van der Waals surface area contributed by atoms with Gasteiger partial charge in [-0.2, -0.15) is 0 Å². The lowest BCUT2D eigenvalue weighted by Gasteiger charge is -2.13. The SMILES string of the molecule is COc1ccc(Nc2nccc(C(=O)Nc3c(C)cc(C)cc3C)n2)cc1Cl. The number of aromatic nitrogens is 2. The minimum absolute atomic E-state index is 0.261. The third-order valence-corrected chi connectivity index (χ3v) is 4.51. The number of carbonyl (C=O) groups is 1. The second-order valence-electron chi connectivity index (χ2n) is 6.47. The van der Waals surface area contributed by atoms with Crippen LogP contribution in [0.1, 0.15) is 27.2 Å². The Morgan fingerprint density at radius 3 is 2.43 bits per heavy atom. The van der Waals surface area contributed by atoms with Crippen LogP contribution in [0.5, 0.6) is 5.75 Å². The zero-order valence-electron chi connectivity index (χ0n) is 16.1. The zero-order chi connectivity index (χ0) is 20.3. The molecule has 0 atom stereocenters. The number of halogens is 1. The van der Waals surface area contributed by atoms with Gasteiger partial charge >= 0.3 is 0 Å². The zero-order valence-corrected chi connectivity index (χ0v) is 16.9. The van der Waals surface area contributed by atoms with Crippen molar-refractivity contribution in [2.75, 3.05) is 17.7 Å². The number of amides is 1. The minimum atomic E-state index is -0.298. The molecule has 0 spiro atoms. The number of ether oxygens (including phenoxy) is 1. The molecule has 28 heavy (non-hydrogen) atoms. The third kappa shape index (κ3) is 4.40. The van der Waals surface area contributed by atoms with Crippen LogP contribution in [0.3, 0.4) is 0 Å². The van der Waals surface area contributed by atoms with Gasteiger partial charge in [0.05, 0.1) is 12.1 Å². The Labute approximate surface area is 168 Å². The van der Waals surface area contributed by atoms with Gasteiger partial charge in [-0.25, -0.2) is 9.97 Å². The molecular weight excluding hydrogens is 376 g/mol. The molecule has 1 heterocycles. The predicted octanol–water partition coefficient (Wildman–Crippen LogP) is 5.06. The maximum absolute atomic E-state index is 12.7. The van der Waals surface area contributed by atoms with Crippen molar-refractivity contribution in [3.05, 3.63) is 70.0 Å². The summed E-state index contributed by atoms with van der Waals surface area (Å²) in [5, 5.41) is 6.45. The first kappa shape index (κ1) is 19.6. The quantitative estimate of drug-likeness (QED) is 0.630. The van der Waals surface area contributed by atoms with Gasteiger partial charge in [-0.1, -0.05) is 29.3 Å². The van der Waals surface area contributed by atoms with E-state index in [1.165, 1.54) is 6.20 Å². The summed E-state index contributed by atoms with van der Waals surface area (Å²) in [6.45, 7) is 5.96. The van der Waals surface area contributed by atoms with Crippen molar-refractivity contribution < 1.29 is 9.53 Å². The Bertz CT molecular complexity index is 1010.